The number of rotatable bonds is 7. The average Bonchev–Trinajstić information content (AvgIpc) is 2.29. The van der Waals surface area contributed by atoms with Gasteiger partial charge in [-0.1, -0.05) is 15.9 Å². The summed E-state index contributed by atoms with van der Waals surface area (Å²) in [7, 11) is 1.70. The Balaban J connectivity index is 2.42. The highest BCUT2D eigenvalue weighted by Gasteiger charge is 2.02. The van der Waals surface area contributed by atoms with Crippen LogP contribution >= 0.6 is 27.5 Å². The molecule has 0 radical (unpaired) electrons. The molecule has 0 fully saturated rings. The van der Waals surface area contributed by atoms with Gasteiger partial charge in [-0.3, -0.25) is 0 Å². The highest BCUT2D eigenvalue weighted by molar-refractivity contribution is 9.10. The van der Waals surface area contributed by atoms with E-state index in [9.17, 15) is 0 Å². The monoisotopic (exact) mass is 305 g/mol. The molecule has 16 heavy (non-hydrogen) atoms. The van der Waals surface area contributed by atoms with Gasteiger partial charge in [-0.05, 0) is 49.7 Å². The molecule has 0 aliphatic rings. The van der Waals surface area contributed by atoms with Crippen molar-refractivity contribution in [2.45, 2.75) is 12.8 Å². The zero-order chi connectivity index (χ0) is 11.8. The number of alkyl halides is 1. The lowest BCUT2D eigenvalue weighted by Crippen LogP contribution is -2.19. The average molecular weight is 307 g/mol. The Hall–Kier alpha value is -0.250. The van der Waals surface area contributed by atoms with Crippen LogP contribution in [0.3, 0.4) is 0 Å². The van der Waals surface area contributed by atoms with Crippen LogP contribution in [0.2, 0.25) is 0 Å². The molecule has 1 N–H and O–H groups in total. The van der Waals surface area contributed by atoms with Crippen molar-refractivity contribution in [3.63, 3.8) is 0 Å². The van der Waals surface area contributed by atoms with Crippen molar-refractivity contribution >= 4 is 27.5 Å². The van der Waals surface area contributed by atoms with E-state index < -0.39 is 0 Å². The van der Waals surface area contributed by atoms with Crippen LogP contribution < -0.4 is 10.1 Å². The molecule has 90 valence electrons. The van der Waals surface area contributed by atoms with E-state index in [0.717, 1.165) is 36.2 Å². The fourth-order valence-corrected chi connectivity index (χ4v) is 2.02. The topological polar surface area (TPSA) is 21.3 Å². The third-order valence-corrected chi connectivity index (χ3v) is 3.06. The summed E-state index contributed by atoms with van der Waals surface area (Å²) in [4.78, 5) is 0. The minimum Gasteiger partial charge on any atom is -0.496 e. The van der Waals surface area contributed by atoms with Gasteiger partial charge in [0.2, 0.25) is 0 Å². The molecule has 1 aromatic carbocycles. The van der Waals surface area contributed by atoms with Gasteiger partial charge in [0.05, 0.1) is 7.11 Å². The lowest BCUT2D eigenvalue weighted by Gasteiger charge is -2.09. The molecule has 1 rings (SSSR count). The highest BCUT2D eigenvalue weighted by Crippen LogP contribution is 2.22. The van der Waals surface area contributed by atoms with Gasteiger partial charge in [0.1, 0.15) is 5.75 Å². The van der Waals surface area contributed by atoms with E-state index in [4.69, 9.17) is 16.3 Å². The molecular weight excluding hydrogens is 289 g/mol. The van der Waals surface area contributed by atoms with E-state index in [2.05, 4.69) is 27.3 Å². The zero-order valence-electron chi connectivity index (χ0n) is 9.43. The molecule has 0 aromatic heterocycles. The summed E-state index contributed by atoms with van der Waals surface area (Å²) in [6, 6.07) is 6.07. The SMILES string of the molecule is COc1ccc(Br)cc1CCNCCCCl. The standard InChI is InChI=1S/C12H17BrClNO/c1-16-12-4-3-11(13)9-10(12)5-8-15-7-2-6-14/h3-4,9,15H,2,5-8H2,1H3. The Morgan fingerprint density at radius 3 is 2.88 bits per heavy atom. The molecule has 1 aromatic rings. The van der Waals surface area contributed by atoms with Gasteiger partial charge in [0, 0.05) is 10.4 Å². The van der Waals surface area contributed by atoms with Gasteiger partial charge in [-0.15, -0.1) is 11.6 Å². The minimum absolute atomic E-state index is 0.715. The van der Waals surface area contributed by atoms with Crippen molar-refractivity contribution in [1.29, 1.82) is 0 Å². The summed E-state index contributed by atoms with van der Waals surface area (Å²) in [6.07, 6.45) is 1.97. The van der Waals surface area contributed by atoms with Gasteiger partial charge < -0.3 is 10.1 Å². The maximum atomic E-state index is 5.60. The number of hydrogen-bond donors (Lipinski definition) is 1. The third-order valence-electron chi connectivity index (χ3n) is 2.30. The quantitative estimate of drug-likeness (QED) is 0.617. The van der Waals surface area contributed by atoms with Crippen LogP contribution in [0, 0.1) is 0 Å². The summed E-state index contributed by atoms with van der Waals surface area (Å²) < 4.78 is 6.40. The maximum absolute atomic E-state index is 5.60. The van der Waals surface area contributed by atoms with Crippen LogP contribution in [-0.4, -0.2) is 26.1 Å². The van der Waals surface area contributed by atoms with Crippen molar-refractivity contribution in [1.82, 2.24) is 5.32 Å². The predicted octanol–water partition coefficient (Wildman–Crippen LogP) is 3.22. The van der Waals surface area contributed by atoms with Gasteiger partial charge in [-0.2, -0.15) is 0 Å². The van der Waals surface area contributed by atoms with E-state index in [1.165, 1.54) is 5.56 Å². The summed E-state index contributed by atoms with van der Waals surface area (Å²) in [6.45, 7) is 1.92. The lowest BCUT2D eigenvalue weighted by atomic mass is 10.1. The molecule has 0 spiro atoms. The number of nitrogens with one attached hydrogen (secondary N) is 1. The molecular formula is C12H17BrClNO. The lowest BCUT2D eigenvalue weighted by molar-refractivity contribution is 0.409. The van der Waals surface area contributed by atoms with Gasteiger partial charge in [-0.25, -0.2) is 0 Å². The summed E-state index contributed by atoms with van der Waals surface area (Å²) in [5, 5.41) is 3.35. The maximum Gasteiger partial charge on any atom is 0.122 e. The Kier molecular flexibility index (Phi) is 6.85. The van der Waals surface area contributed by atoms with E-state index >= 15 is 0 Å². The van der Waals surface area contributed by atoms with Crippen LogP contribution in [0.4, 0.5) is 0 Å². The van der Waals surface area contributed by atoms with Crippen LogP contribution in [-0.2, 0) is 6.42 Å². The summed E-state index contributed by atoms with van der Waals surface area (Å²) in [5.41, 5.74) is 1.22. The molecule has 0 amide bonds. The second-order valence-electron chi connectivity index (χ2n) is 3.50. The second-order valence-corrected chi connectivity index (χ2v) is 4.79. The number of benzene rings is 1. The summed E-state index contributed by atoms with van der Waals surface area (Å²) in [5.74, 6) is 1.66. The van der Waals surface area contributed by atoms with Crippen LogP contribution in [0.25, 0.3) is 0 Å². The molecule has 0 heterocycles. The first-order chi connectivity index (χ1) is 7.77. The first-order valence-electron chi connectivity index (χ1n) is 5.37. The zero-order valence-corrected chi connectivity index (χ0v) is 11.8. The second kappa shape index (κ2) is 7.93. The molecule has 0 bridgehead atoms. The Morgan fingerprint density at radius 1 is 1.38 bits per heavy atom. The van der Waals surface area contributed by atoms with E-state index in [1.807, 2.05) is 12.1 Å². The summed E-state index contributed by atoms with van der Waals surface area (Å²) >= 11 is 9.07. The molecule has 0 aliphatic carbocycles. The van der Waals surface area contributed by atoms with Crippen LogP contribution in [0.15, 0.2) is 22.7 Å². The fourth-order valence-electron chi connectivity index (χ4n) is 1.48. The Morgan fingerprint density at radius 2 is 2.19 bits per heavy atom. The molecule has 0 saturated heterocycles. The van der Waals surface area contributed by atoms with Gasteiger partial charge in [0.25, 0.3) is 0 Å². The first-order valence-corrected chi connectivity index (χ1v) is 6.69. The van der Waals surface area contributed by atoms with Gasteiger partial charge >= 0.3 is 0 Å². The van der Waals surface area contributed by atoms with Crippen LogP contribution in [0.5, 0.6) is 5.75 Å². The molecule has 2 nitrogen and oxygen atoms in total. The van der Waals surface area contributed by atoms with Crippen molar-refractivity contribution in [2.75, 3.05) is 26.1 Å². The Labute approximate surface area is 110 Å². The van der Waals surface area contributed by atoms with Crippen molar-refractivity contribution in [3.8, 4) is 5.75 Å². The highest BCUT2D eigenvalue weighted by atomic mass is 79.9. The molecule has 0 unspecified atom stereocenters. The molecule has 4 heteroatoms. The fraction of sp³-hybridized carbons (Fsp3) is 0.500. The molecule has 0 aliphatic heterocycles. The third kappa shape index (κ3) is 4.73. The first kappa shape index (κ1) is 13.8. The molecule has 0 saturated carbocycles. The van der Waals surface area contributed by atoms with E-state index in [0.29, 0.717) is 5.88 Å². The number of hydrogen-bond acceptors (Lipinski definition) is 2. The van der Waals surface area contributed by atoms with Crippen molar-refractivity contribution in [2.24, 2.45) is 0 Å². The van der Waals surface area contributed by atoms with Crippen molar-refractivity contribution in [3.05, 3.63) is 28.2 Å². The van der Waals surface area contributed by atoms with Crippen molar-refractivity contribution < 1.29 is 4.74 Å². The smallest absolute Gasteiger partial charge is 0.122 e. The number of ether oxygens (including phenoxy) is 1. The van der Waals surface area contributed by atoms with Crippen LogP contribution in [0.1, 0.15) is 12.0 Å². The minimum atomic E-state index is 0.715. The van der Waals surface area contributed by atoms with E-state index in [-0.39, 0.29) is 0 Å². The number of methoxy groups -OCH3 is 1. The normalized spacial score (nSPS) is 10.4. The Bertz CT molecular complexity index is 320. The number of halogens is 2. The van der Waals surface area contributed by atoms with Gasteiger partial charge in [0.15, 0.2) is 0 Å². The largest absolute Gasteiger partial charge is 0.496 e. The van der Waals surface area contributed by atoms with E-state index in [1.54, 1.807) is 7.11 Å². The molecule has 0 atom stereocenters. The predicted molar refractivity (Wildman–Crippen MR) is 72.6 cm³/mol.